The van der Waals surface area contributed by atoms with Crippen molar-refractivity contribution >= 4 is 81.7 Å². The van der Waals surface area contributed by atoms with Crippen molar-refractivity contribution in [3.8, 4) is 33.4 Å². The van der Waals surface area contributed by atoms with Gasteiger partial charge in [0.25, 0.3) is 0 Å². The fourth-order valence-corrected chi connectivity index (χ4v) is 14.3. The number of rotatable bonds is 3. The molecule has 0 N–H and O–H groups in total. The van der Waals surface area contributed by atoms with Crippen molar-refractivity contribution in [3.63, 3.8) is 0 Å². The lowest BCUT2D eigenvalue weighted by Crippen LogP contribution is -2.19. The van der Waals surface area contributed by atoms with Gasteiger partial charge in [-0.1, -0.05) is 205 Å². The summed E-state index contributed by atoms with van der Waals surface area (Å²) in [5.41, 5.74) is 19.3. The lowest BCUT2D eigenvalue weighted by molar-refractivity contribution is 0.665. The third kappa shape index (κ3) is 4.97. The van der Waals surface area contributed by atoms with Crippen LogP contribution in [0, 0.1) is 0 Å². The first-order valence-corrected chi connectivity index (χ1v) is 25.1. The number of benzene rings is 12. The Hall–Kier alpha value is -8.00. The molecule has 0 aromatic heterocycles. The van der Waals surface area contributed by atoms with Gasteiger partial charge in [-0.2, -0.15) is 0 Å². The highest BCUT2D eigenvalue weighted by Gasteiger charge is 2.43. The maximum Gasteiger partial charge on any atom is 0.0465 e. The number of nitrogens with zero attached hydrogens (tertiary/aromatic N) is 1. The molecule has 3 aliphatic carbocycles. The Balaban J connectivity index is 0.981. The van der Waals surface area contributed by atoms with Crippen molar-refractivity contribution in [1.82, 2.24) is 0 Å². The summed E-state index contributed by atoms with van der Waals surface area (Å²) in [7, 11) is 0. The molecule has 0 heterocycles. The lowest BCUT2D eigenvalue weighted by atomic mass is 9.78. The SMILES string of the molecule is CC1(C)c2cc(N(c3ccc4c(c3)C(C)(C)c3c-4c4ccccc4c4ccccc34)c3ccc4c(c3)C(C)(C)c3c-4c4ccccc4c4ccccc34)ccc2-c2c1c1ccccc1c1ccccc21. The van der Waals surface area contributed by atoms with E-state index in [1.165, 1.54) is 148 Å². The first-order valence-electron chi connectivity index (χ1n) is 25.1. The molecule has 0 saturated heterocycles. The zero-order chi connectivity index (χ0) is 47.0. The Morgan fingerprint density at radius 2 is 0.457 bits per heavy atom. The highest BCUT2D eigenvalue weighted by molar-refractivity contribution is 6.21. The highest BCUT2D eigenvalue weighted by atomic mass is 15.1. The van der Waals surface area contributed by atoms with Crippen molar-refractivity contribution in [2.75, 3.05) is 4.90 Å². The quantitative estimate of drug-likeness (QED) is 0.160. The molecule has 0 atom stereocenters. The number of anilines is 3. The maximum atomic E-state index is 2.57. The topological polar surface area (TPSA) is 3.24 Å². The van der Waals surface area contributed by atoms with Gasteiger partial charge in [0, 0.05) is 33.3 Å². The Kier molecular flexibility index (Phi) is 7.77. The second-order valence-electron chi connectivity index (χ2n) is 21.9. The van der Waals surface area contributed by atoms with Gasteiger partial charge in [-0.05, 0) is 168 Å². The van der Waals surface area contributed by atoms with E-state index in [9.17, 15) is 0 Å². The van der Waals surface area contributed by atoms with Crippen molar-refractivity contribution in [2.45, 2.75) is 57.8 Å². The van der Waals surface area contributed by atoms with Crippen molar-refractivity contribution in [3.05, 3.63) is 234 Å². The van der Waals surface area contributed by atoms with E-state index < -0.39 is 0 Å². The van der Waals surface area contributed by atoms with Crippen molar-refractivity contribution in [1.29, 1.82) is 0 Å². The molecule has 70 heavy (non-hydrogen) atoms. The zero-order valence-corrected chi connectivity index (χ0v) is 40.5. The Morgan fingerprint density at radius 1 is 0.243 bits per heavy atom. The van der Waals surface area contributed by atoms with Crippen LogP contribution in [-0.2, 0) is 16.2 Å². The van der Waals surface area contributed by atoms with E-state index in [0.29, 0.717) is 0 Å². The molecule has 1 nitrogen and oxygen atoms in total. The van der Waals surface area contributed by atoms with Crippen LogP contribution in [0.1, 0.15) is 74.9 Å². The van der Waals surface area contributed by atoms with Gasteiger partial charge in [0.15, 0.2) is 0 Å². The molecule has 0 aliphatic heterocycles. The molecular formula is C69H51N. The van der Waals surface area contributed by atoms with Crippen molar-refractivity contribution < 1.29 is 0 Å². The largest absolute Gasteiger partial charge is 0.310 e. The fourth-order valence-electron chi connectivity index (χ4n) is 14.3. The molecule has 12 aromatic carbocycles. The van der Waals surface area contributed by atoms with Crippen LogP contribution in [0.3, 0.4) is 0 Å². The van der Waals surface area contributed by atoms with Gasteiger partial charge in [-0.25, -0.2) is 0 Å². The van der Waals surface area contributed by atoms with Gasteiger partial charge in [0.2, 0.25) is 0 Å². The van der Waals surface area contributed by atoms with E-state index >= 15 is 0 Å². The van der Waals surface area contributed by atoms with Crippen LogP contribution >= 0.6 is 0 Å². The second-order valence-corrected chi connectivity index (χ2v) is 21.9. The molecule has 1 heteroatoms. The fraction of sp³-hybridized carbons (Fsp3) is 0.130. The van der Waals surface area contributed by atoms with Gasteiger partial charge in [-0.3, -0.25) is 0 Å². The molecule has 0 saturated carbocycles. The molecule has 0 bridgehead atoms. The first-order chi connectivity index (χ1) is 34.0. The summed E-state index contributed by atoms with van der Waals surface area (Å²) in [5.74, 6) is 0. The van der Waals surface area contributed by atoms with Crippen LogP contribution in [0.2, 0.25) is 0 Å². The third-order valence-electron chi connectivity index (χ3n) is 17.3. The average Bonchev–Trinajstić information content (AvgIpc) is 3.89. The standard InChI is InChI=1S/C69H51N/c1-67(2)58-37-40(31-34-55(58)61-49-25-13-7-19-43(49)46-22-10-16-28-52(46)64(61)67)70(41-32-35-56-59(38-41)68(3,4)65-53-29-17-11-23-47(53)44-20-8-14-26-50(44)62(56)65)42-33-36-57-60(39-42)69(5,6)66-54-30-18-12-24-48(54)45-21-9-15-27-51(45)63(57)66/h7-39H,1-6H3. The van der Waals surface area contributed by atoms with Crippen LogP contribution in [-0.4, -0.2) is 0 Å². The Labute approximate surface area is 409 Å². The smallest absolute Gasteiger partial charge is 0.0465 e. The van der Waals surface area contributed by atoms with Gasteiger partial charge in [0.1, 0.15) is 0 Å². The number of fused-ring (bicyclic) bond motifs is 24. The van der Waals surface area contributed by atoms with Crippen LogP contribution in [0.25, 0.3) is 98.0 Å². The van der Waals surface area contributed by atoms with E-state index in [0.717, 1.165) is 0 Å². The van der Waals surface area contributed by atoms with Gasteiger partial charge in [0.05, 0.1) is 0 Å². The summed E-state index contributed by atoms with van der Waals surface area (Å²) >= 11 is 0. The molecule has 15 rings (SSSR count). The molecule has 0 fully saturated rings. The predicted octanol–water partition coefficient (Wildman–Crippen LogP) is 19.0. The van der Waals surface area contributed by atoms with E-state index in [2.05, 4.69) is 247 Å². The summed E-state index contributed by atoms with van der Waals surface area (Å²) in [6, 6.07) is 76.3. The summed E-state index contributed by atoms with van der Waals surface area (Å²) in [6.45, 7) is 14.7. The Bertz CT molecular complexity index is 3890. The molecule has 3 aliphatic rings. The van der Waals surface area contributed by atoms with Gasteiger partial charge >= 0.3 is 0 Å². The molecule has 0 radical (unpaired) electrons. The minimum Gasteiger partial charge on any atom is -0.310 e. The molecule has 0 amide bonds. The maximum absolute atomic E-state index is 2.57. The summed E-state index contributed by atoms with van der Waals surface area (Å²) in [5, 5.41) is 15.9. The monoisotopic (exact) mass is 893 g/mol. The summed E-state index contributed by atoms with van der Waals surface area (Å²) in [4.78, 5) is 2.57. The van der Waals surface area contributed by atoms with Crippen LogP contribution in [0.5, 0.6) is 0 Å². The van der Waals surface area contributed by atoms with E-state index in [-0.39, 0.29) is 16.2 Å². The number of hydrogen-bond acceptors (Lipinski definition) is 1. The minimum absolute atomic E-state index is 0.247. The minimum atomic E-state index is -0.247. The van der Waals surface area contributed by atoms with E-state index in [1.54, 1.807) is 0 Å². The molecule has 0 spiro atoms. The molecule has 0 unspecified atom stereocenters. The third-order valence-corrected chi connectivity index (χ3v) is 17.3. The lowest BCUT2D eigenvalue weighted by Gasteiger charge is -2.31. The normalized spacial score (nSPS) is 15.3. The predicted molar refractivity (Wildman–Crippen MR) is 299 cm³/mol. The first kappa shape index (κ1) is 39.9. The summed E-state index contributed by atoms with van der Waals surface area (Å²) < 4.78 is 0. The van der Waals surface area contributed by atoms with Crippen LogP contribution < -0.4 is 4.90 Å². The molecule has 332 valence electrons. The van der Waals surface area contributed by atoms with Crippen LogP contribution in [0.15, 0.2) is 200 Å². The molecule has 12 aromatic rings. The highest BCUT2D eigenvalue weighted by Crippen LogP contribution is 2.60. The van der Waals surface area contributed by atoms with Gasteiger partial charge in [-0.15, -0.1) is 0 Å². The Morgan fingerprint density at radius 3 is 0.714 bits per heavy atom. The van der Waals surface area contributed by atoms with E-state index in [1.807, 2.05) is 0 Å². The second kappa shape index (κ2) is 13.6. The van der Waals surface area contributed by atoms with Crippen LogP contribution in [0.4, 0.5) is 17.1 Å². The van der Waals surface area contributed by atoms with E-state index in [4.69, 9.17) is 0 Å². The van der Waals surface area contributed by atoms with Crippen molar-refractivity contribution in [2.24, 2.45) is 0 Å². The summed E-state index contributed by atoms with van der Waals surface area (Å²) in [6.07, 6.45) is 0. The molecular weight excluding hydrogens is 843 g/mol. The van der Waals surface area contributed by atoms with Gasteiger partial charge < -0.3 is 4.90 Å². The number of hydrogen-bond donors (Lipinski definition) is 0. The average molecular weight is 894 g/mol. The zero-order valence-electron chi connectivity index (χ0n) is 40.5.